The number of rotatable bonds is 3. The summed E-state index contributed by atoms with van der Waals surface area (Å²) in [5.74, 6) is -1.05. The maximum Gasteiger partial charge on any atom is 0.340 e. The zero-order chi connectivity index (χ0) is 22.4. The van der Waals surface area contributed by atoms with Gasteiger partial charge in [-0.15, -0.1) is 0 Å². The summed E-state index contributed by atoms with van der Waals surface area (Å²) < 4.78 is 10.5. The Morgan fingerprint density at radius 3 is 2.35 bits per heavy atom. The highest BCUT2D eigenvalue weighted by Gasteiger charge is 2.80. The van der Waals surface area contributed by atoms with Crippen LogP contribution in [0.5, 0.6) is 5.75 Å². The Hall–Kier alpha value is -4.17. The fourth-order valence-corrected chi connectivity index (χ4v) is 4.81. The second-order valence-electron chi connectivity index (χ2n) is 7.36. The number of anilines is 1. The molecule has 0 saturated carbocycles. The molecule has 0 unspecified atom stereocenters. The quantitative estimate of drug-likeness (QED) is 0.710. The van der Waals surface area contributed by atoms with E-state index in [0.29, 0.717) is 22.6 Å². The van der Waals surface area contributed by atoms with Gasteiger partial charge in [-0.25, -0.2) is 4.79 Å². The Morgan fingerprint density at radius 1 is 1.10 bits per heavy atom. The van der Waals surface area contributed by atoms with Gasteiger partial charge in [0.15, 0.2) is 10.8 Å². The number of benzene rings is 2. The van der Waals surface area contributed by atoms with E-state index in [-0.39, 0.29) is 0 Å². The normalized spacial score (nSPS) is 25.1. The Bertz CT molecular complexity index is 1200. The number of ether oxygens (including phenoxy) is 2. The molecule has 2 aromatic rings. The maximum atomic E-state index is 14.0. The molecule has 154 valence electrons. The molecule has 8 nitrogen and oxygen atoms in total. The van der Waals surface area contributed by atoms with Crippen LogP contribution in [-0.4, -0.2) is 39.4 Å². The molecule has 0 aliphatic carbocycles. The van der Waals surface area contributed by atoms with E-state index in [2.05, 4.69) is 4.99 Å². The number of carbonyl (C=O) groups excluding carboxylic acids is 2. The first kappa shape index (κ1) is 20.1. The molecule has 0 fully saturated rings. The van der Waals surface area contributed by atoms with Crippen LogP contribution < -0.4 is 9.64 Å². The third kappa shape index (κ3) is 2.09. The van der Waals surface area contributed by atoms with Crippen LogP contribution in [0.1, 0.15) is 11.1 Å². The molecule has 0 bridgehead atoms. The molecule has 2 atom stereocenters. The zero-order valence-corrected chi connectivity index (χ0v) is 17.1. The lowest BCUT2D eigenvalue weighted by atomic mass is 9.53. The number of methoxy groups -OCH3 is 2. The number of fused-ring (bicyclic) bond motifs is 2. The smallest absolute Gasteiger partial charge is 0.340 e. The standard InChI is InChI=1S/C23H18N4O4/c1-27-18-10-9-16(30-2)11-17(18)22(19(27)28)21(12-24,13-25)14-26-23(22,20(29)31-3)15-7-5-4-6-8-15/h4-11,14H,1-3H3/t22-,23+/m1/s1. The van der Waals surface area contributed by atoms with Crippen LogP contribution in [-0.2, 0) is 25.3 Å². The van der Waals surface area contributed by atoms with Gasteiger partial charge in [-0.1, -0.05) is 30.3 Å². The van der Waals surface area contributed by atoms with Crippen molar-refractivity contribution in [2.24, 2.45) is 10.4 Å². The van der Waals surface area contributed by atoms with Crippen molar-refractivity contribution >= 4 is 23.8 Å². The number of nitrogens with zero attached hydrogens (tertiary/aromatic N) is 4. The number of amides is 1. The van der Waals surface area contributed by atoms with Crippen LogP contribution in [0.3, 0.4) is 0 Å². The molecule has 1 amide bonds. The van der Waals surface area contributed by atoms with Gasteiger partial charge in [-0.05, 0) is 23.8 Å². The number of esters is 1. The van der Waals surface area contributed by atoms with Crippen LogP contribution in [0.4, 0.5) is 5.69 Å². The van der Waals surface area contributed by atoms with E-state index in [4.69, 9.17) is 9.47 Å². The fourth-order valence-electron chi connectivity index (χ4n) is 4.81. The van der Waals surface area contributed by atoms with E-state index in [0.717, 1.165) is 6.21 Å². The summed E-state index contributed by atoms with van der Waals surface area (Å²) in [5, 5.41) is 20.4. The summed E-state index contributed by atoms with van der Waals surface area (Å²) in [4.78, 5) is 33.3. The van der Waals surface area contributed by atoms with Crippen molar-refractivity contribution in [1.29, 1.82) is 10.5 Å². The summed E-state index contributed by atoms with van der Waals surface area (Å²) >= 11 is 0. The van der Waals surface area contributed by atoms with Gasteiger partial charge in [-0.2, -0.15) is 10.5 Å². The maximum absolute atomic E-state index is 14.0. The van der Waals surface area contributed by atoms with E-state index in [1.165, 1.54) is 26.2 Å². The lowest BCUT2D eigenvalue weighted by molar-refractivity contribution is -0.154. The molecule has 0 radical (unpaired) electrons. The van der Waals surface area contributed by atoms with Crippen molar-refractivity contribution in [2.75, 3.05) is 26.2 Å². The molecule has 0 N–H and O–H groups in total. The average molecular weight is 414 g/mol. The van der Waals surface area contributed by atoms with Crippen molar-refractivity contribution < 1.29 is 19.1 Å². The number of hydrogen-bond acceptors (Lipinski definition) is 7. The molecule has 0 saturated heterocycles. The highest BCUT2D eigenvalue weighted by Crippen LogP contribution is 2.64. The van der Waals surface area contributed by atoms with Gasteiger partial charge in [0, 0.05) is 24.5 Å². The zero-order valence-electron chi connectivity index (χ0n) is 17.1. The molecule has 2 heterocycles. The molecular weight excluding hydrogens is 396 g/mol. The highest BCUT2D eigenvalue weighted by atomic mass is 16.5. The number of carbonyl (C=O) groups is 2. The molecule has 2 aliphatic rings. The summed E-state index contributed by atoms with van der Waals surface area (Å²) in [6.45, 7) is 0. The SMILES string of the molecule is COC(=O)[C@]1(c2ccccc2)N=CC(C#N)(C#N)[C@@]12C(=O)N(C)c1ccc(OC)cc12. The van der Waals surface area contributed by atoms with Gasteiger partial charge in [0.05, 0.1) is 26.4 Å². The molecule has 31 heavy (non-hydrogen) atoms. The van der Waals surface area contributed by atoms with Crippen molar-refractivity contribution in [3.63, 3.8) is 0 Å². The molecule has 0 aromatic heterocycles. The summed E-state index contributed by atoms with van der Waals surface area (Å²) in [5.41, 5.74) is -4.99. The summed E-state index contributed by atoms with van der Waals surface area (Å²) in [7, 11) is 4.19. The number of likely N-dealkylation sites (N-methyl/N-ethyl adjacent to an activating group) is 1. The topological polar surface area (TPSA) is 116 Å². The first-order valence-corrected chi connectivity index (χ1v) is 9.39. The molecule has 2 aliphatic heterocycles. The Labute approximate surface area is 178 Å². The molecular formula is C23H18N4O4. The number of nitriles is 2. The van der Waals surface area contributed by atoms with E-state index < -0.39 is 28.2 Å². The lowest BCUT2D eigenvalue weighted by Gasteiger charge is -2.42. The van der Waals surface area contributed by atoms with E-state index in [1.54, 1.807) is 48.5 Å². The minimum Gasteiger partial charge on any atom is -0.497 e. The van der Waals surface area contributed by atoms with Crippen LogP contribution in [0, 0.1) is 28.1 Å². The first-order chi connectivity index (χ1) is 14.9. The van der Waals surface area contributed by atoms with Gasteiger partial charge in [0.25, 0.3) is 0 Å². The van der Waals surface area contributed by atoms with Crippen LogP contribution >= 0.6 is 0 Å². The van der Waals surface area contributed by atoms with Crippen LogP contribution in [0.25, 0.3) is 0 Å². The number of aliphatic imine (C=N–C) groups is 1. The molecule has 2 aromatic carbocycles. The molecule has 1 spiro atoms. The molecule has 4 rings (SSSR count). The number of hydrogen-bond donors (Lipinski definition) is 0. The van der Waals surface area contributed by atoms with Crippen molar-refractivity contribution in [3.8, 4) is 17.9 Å². The largest absolute Gasteiger partial charge is 0.497 e. The van der Waals surface area contributed by atoms with Crippen LogP contribution in [0.15, 0.2) is 53.5 Å². The van der Waals surface area contributed by atoms with Gasteiger partial charge >= 0.3 is 5.97 Å². The third-order valence-corrected chi connectivity index (χ3v) is 6.21. The van der Waals surface area contributed by atoms with Crippen molar-refractivity contribution in [3.05, 3.63) is 59.7 Å². The minimum absolute atomic E-state index is 0.300. The predicted octanol–water partition coefficient (Wildman–Crippen LogP) is 2.10. The van der Waals surface area contributed by atoms with E-state index in [9.17, 15) is 20.1 Å². The highest BCUT2D eigenvalue weighted by molar-refractivity contribution is 6.18. The Morgan fingerprint density at radius 2 is 1.77 bits per heavy atom. The molecule has 8 heteroatoms. The summed E-state index contributed by atoms with van der Waals surface area (Å²) in [6.07, 6.45) is 1.11. The van der Waals surface area contributed by atoms with Gasteiger partial charge in [0.1, 0.15) is 5.75 Å². The summed E-state index contributed by atoms with van der Waals surface area (Å²) in [6, 6.07) is 17.3. The van der Waals surface area contributed by atoms with Gasteiger partial charge < -0.3 is 14.4 Å². The minimum atomic E-state index is -2.07. The first-order valence-electron chi connectivity index (χ1n) is 9.39. The van der Waals surface area contributed by atoms with E-state index in [1.807, 2.05) is 12.1 Å². The second kappa shape index (κ2) is 6.68. The van der Waals surface area contributed by atoms with E-state index >= 15 is 0 Å². The van der Waals surface area contributed by atoms with Crippen molar-refractivity contribution in [1.82, 2.24) is 0 Å². The van der Waals surface area contributed by atoms with Crippen LogP contribution in [0.2, 0.25) is 0 Å². The third-order valence-electron chi connectivity index (χ3n) is 6.21. The predicted molar refractivity (Wildman–Crippen MR) is 110 cm³/mol. The average Bonchev–Trinajstić information content (AvgIpc) is 3.26. The second-order valence-corrected chi connectivity index (χ2v) is 7.36. The lowest BCUT2D eigenvalue weighted by Crippen LogP contribution is -2.63. The Kier molecular flexibility index (Phi) is 4.33. The van der Waals surface area contributed by atoms with Gasteiger partial charge in [-0.3, -0.25) is 9.79 Å². The van der Waals surface area contributed by atoms with Gasteiger partial charge in [0.2, 0.25) is 11.4 Å². The fraction of sp³-hybridized carbons (Fsp3) is 0.261. The monoisotopic (exact) mass is 414 g/mol. The van der Waals surface area contributed by atoms with Crippen molar-refractivity contribution in [2.45, 2.75) is 11.0 Å². The Balaban J connectivity index is 2.25.